The van der Waals surface area contributed by atoms with Crippen LogP contribution in [0.5, 0.6) is 0 Å². The van der Waals surface area contributed by atoms with Crippen LogP contribution in [0.2, 0.25) is 0 Å². The first-order valence-electron chi connectivity index (χ1n) is 6.31. The molecule has 4 nitrogen and oxygen atoms in total. The van der Waals surface area contributed by atoms with Crippen molar-refractivity contribution in [3.05, 3.63) is 29.8 Å². The molecular weight excluding hydrogens is 228 g/mol. The average Bonchev–Trinajstić information content (AvgIpc) is 2.81. The van der Waals surface area contributed by atoms with E-state index in [1.54, 1.807) is 0 Å². The lowest BCUT2D eigenvalue weighted by molar-refractivity contribution is -0.124. The van der Waals surface area contributed by atoms with Crippen LogP contribution in [0.25, 0.3) is 0 Å². The molecule has 1 aromatic carbocycles. The maximum Gasteiger partial charge on any atom is 0.253 e. The zero-order chi connectivity index (χ0) is 13.0. The third-order valence-electron chi connectivity index (χ3n) is 2.92. The van der Waals surface area contributed by atoms with Crippen molar-refractivity contribution in [1.82, 2.24) is 4.90 Å². The highest BCUT2D eigenvalue weighted by Crippen LogP contribution is 2.16. The summed E-state index contributed by atoms with van der Waals surface area (Å²) in [5.41, 5.74) is 2.03. The van der Waals surface area contributed by atoms with E-state index in [0.717, 1.165) is 25.1 Å². The van der Waals surface area contributed by atoms with Gasteiger partial charge in [0.2, 0.25) is 0 Å². The Kier molecular flexibility index (Phi) is 4.33. The van der Waals surface area contributed by atoms with Gasteiger partial charge >= 0.3 is 0 Å². The van der Waals surface area contributed by atoms with Crippen LogP contribution in [0, 0.1) is 0 Å². The van der Waals surface area contributed by atoms with Gasteiger partial charge in [-0.3, -0.25) is 4.79 Å². The Morgan fingerprint density at radius 2 is 2.33 bits per heavy atom. The second-order valence-electron chi connectivity index (χ2n) is 4.93. The normalized spacial score (nSPS) is 19.2. The minimum Gasteiger partial charge on any atom is -0.368 e. The van der Waals surface area contributed by atoms with E-state index in [1.807, 2.05) is 32.3 Å². The molecule has 1 atom stereocenters. The number of amides is 1. The number of rotatable bonds is 4. The van der Waals surface area contributed by atoms with E-state index in [1.165, 1.54) is 5.56 Å². The molecule has 1 unspecified atom stereocenters. The highest BCUT2D eigenvalue weighted by atomic mass is 16.5. The maximum atomic E-state index is 11.9. The highest BCUT2D eigenvalue weighted by Gasteiger charge is 2.23. The standard InChI is InChI=1S/C14H20N2O2/c1-16(2)10-11-5-3-6-12(9-11)15-14(17)13-7-4-8-18-13/h3,5-6,9,13H,4,7-8,10H2,1-2H3,(H,15,17). The van der Waals surface area contributed by atoms with Gasteiger partial charge in [-0.05, 0) is 44.6 Å². The van der Waals surface area contributed by atoms with E-state index in [9.17, 15) is 4.79 Å². The Bertz CT molecular complexity index is 412. The van der Waals surface area contributed by atoms with E-state index >= 15 is 0 Å². The molecule has 1 aromatic rings. The van der Waals surface area contributed by atoms with Crippen molar-refractivity contribution in [2.24, 2.45) is 0 Å². The van der Waals surface area contributed by atoms with Crippen molar-refractivity contribution in [2.75, 3.05) is 26.0 Å². The van der Waals surface area contributed by atoms with Gasteiger partial charge in [0.25, 0.3) is 5.91 Å². The number of hydrogen-bond acceptors (Lipinski definition) is 3. The summed E-state index contributed by atoms with van der Waals surface area (Å²) in [6, 6.07) is 7.94. The van der Waals surface area contributed by atoms with Crippen molar-refractivity contribution in [2.45, 2.75) is 25.5 Å². The van der Waals surface area contributed by atoms with Gasteiger partial charge in [-0.25, -0.2) is 0 Å². The second-order valence-corrected chi connectivity index (χ2v) is 4.93. The van der Waals surface area contributed by atoms with Crippen LogP contribution in [0.15, 0.2) is 24.3 Å². The highest BCUT2D eigenvalue weighted by molar-refractivity contribution is 5.94. The summed E-state index contributed by atoms with van der Waals surface area (Å²) in [6.07, 6.45) is 1.52. The van der Waals surface area contributed by atoms with Crippen LogP contribution in [-0.4, -0.2) is 37.6 Å². The Morgan fingerprint density at radius 1 is 1.50 bits per heavy atom. The third-order valence-corrected chi connectivity index (χ3v) is 2.92. The minimum absolute atomic E-state index is 0.0329. The number of nitrogens with one attached hydrogen (secondary N) is 1. The van der Waals surface area contributed by atoms with Gasteiger partial charge in [0.1, 0.15) is 6.10 Å². The number of ether oxygens (including phenoxy) is 1. The van der Waals surface area contributed by atoms with Crippen LogP contribution in [0.3, 0.4) is 0 Å². The molecule has 0 aliphatic carbocycles. The number of benzene rings is 1. The fraction of sp³-hybridized carbons (Fsp3) is 0.500. The fourth-order valence-corrected chi connectivity index (χ4v) is 2.12. The van der Waals surface area contributed by atoms with E-state index in [4.69, 9.17) is 4.74 Å². The quantitative estimate of drug-likeness (QED) is 0.884. The smallest absolute Gasteiger partial charge is 0.253 e. The van der Waals surface area contributed by atoms with Crippen LogP contribution in [-0.2, 0) is 16.1 Å². The Labute approximate surface area is 108 Å². The molecule has 1 aliphatic heterocycles. The molecule has 0 radical (unpaired) electrons. The fourth-order valence-electron chi connectivity index (χ4n) is 2.12. The van der Waals surface area contributed by atoms with Crippen molar-refractivity contribution < 1.29 is 9.53 Å². The van der Waals surface area contributed by atoms with Crippen LogP contribution >= 0.6 is 0 Å². The van der Waals surface area contributed by atoms with Crippen LogP contribution < -0.4 is 5.32 Å². The van der Waals surface area contributed by atoms with Gasteiger partial charge < -0.3 is 15.0 Å². The zero-order valence-corrected chi connectivity index (χ0v) is 11.0. The predicted octanol–water partition coefficient (Wildman–Crippen LogP) is 1.87. The second kappa shape index (κ2) is 5.98. The molecule has 98 valence electrons. The summed E-state index contributed by atoms with van der Waals surface area (Å²) >= 11 is 0. The zero-order valence-electron chi connectivity index (χ0n) is 11.0. The lowest BCUT2D eigenvalue weighted by atomic mass is 10.1. The lowest BCUT2D eigenvalue weighted by Crippen LogP contribution is -2.26. The third kappa shape index (κ3) is 3.55. The van der Waals surface area contributed by atoms with Crippen molar-refractivity contribution in [1.29, 1.82) is 0 Å². The van der Waals surface area contributed by atoms with Crippen molar-refractivity contribution in [3.8, 4) is 0 Å². The number of carbonyl (C=O) groups excluding carboxylic acids is 1. The van der Waals surface area contributed by atoms with Gasteiger partial charge in [-0.1, -0.05) is 12.1 Å². The van der Waals surface area contributed by atoms with E-state index in [-0.39, 0.29) is 12.0 Å². The molecule has 4 heteroatoms. The molecule has 0 spiro atoms. The first-order valence-corrected chi connectivity index (χ1v) is 6.31. The van der Waals surface area contributed by atoms with Gasteiger partial charge in [-0.15, -0.1) is 0 Å². The summed E-state index contributed by atoms with van der Waals surface area (Å²) < 4.78 is 5.36. The van der Waals surface area contributed by atoms with Gasteiger partial charge in [0, 0.05) is 18.8 Å². The Morgan fingerprint density at radius 3 is 3.00 bits per heavy atom. The molecule has 0 saturated carbocycles. The molecular formula is C14H20N2O2. The maximum absolute atomic E-state index is 11.9. The van der Waals surface area contributed by atoms with Crippen LogP contribution in [0.4, 0.5) is 5.69 Å². The number of hydrogen-bond donors (Lipinski definition) is 1. The number of nitrogens with zero attached hydrogens (tertiary/aromatic N) is 1. The largest absolute Gasteiger partial charge is 0.368 e. The summed E-state index contributed by atoms with van der Waals surface area (Å²) in [7, 11) is 4.05. The van der Waals surface area contributed by atoms with Gasteiger partial charge in [0.15, 0.2) is 0 Å². The molecule has 18 heavy (non-hydrogen) atoms. The lowest BCUT2D eigenvalue weighted by Gasteiger charge is -2.13. The molecule has 1 fully saturated rings. The van der Waals surface area contributed by atoms with Gasteiger partial charge in [0.05, 0.1) is 0 Å². The Balaban J connectivity index is 1.97. The van der Waals surface area contributed by atoms with Gasteiger partial charge in [-0.2, -0.15) is 0 Å². The molecule has 0 aromatic heterocycles. The van der Waals surface area contributed by atoms with Crippen LogP contribution in [0.1, 0.15) is 18.4 Å². The molecule has 1 saturated heterocycles. The minimum atomic E-state index is -0.275. The van der Waals surface area contributed by atoms with E-state index < -0.39 is 0 Å². The van der Waals surface area contributed by atoms with E-state index in [0.29, 0.717) is 6.61 Å². The molecule has 1 aliphatic rings. The summed E-state index contributed by atoms with van der Waals surface area (Å²) in [5.74, 6) is -0.0329. The summed E-state index contributed by atoms with van der Waals surface area (Å²) in [6.45, 7) is 1.56. The summed E-state index contributed by atoms with van der Waals surface area (Å²) in [4.78, 5) is 14.0. The van der Waals surface area contributed by atoms with E-state index in [2.05, 4.69) is 16.3 Å². The molecule has 2 rings (SSSR count). The number of anilines is 1. The molecule has 1 amide bonds. The monoisotopic (exact) mass is 248 g/mol. The predicted molar refractivity (Wildman–Crippen MR) is 71.4 cm³/mol. The molecule has 0 bridgehead atoms. The SMILES string of the molecule is CN(C)Cc1cccc(NC(=O)C2CCCO2)c1. The molecule has 1 N–H and O–H groups in total. The van der Waals surface area contributed by atoms with Crippen molar-refractivity contribution >= 4 is 11.6 Å². The topological polar surface area (TPSA) is 41.6 Å². The molecule has 1 heterocycles. The number of carbonyl (C=O) groups is 1. The Hall–Kier alpha value is -1.39. The average molecular weight is 248 g/mol. The van der Waals surface area contributed by atoms with Crippen molar-refractivity contribution in [3.63, 3.8) is 0 Å². The first kappa shape index (κ1) is 13.1. The first-order chi connectivity index (χ1) is 8.65. The summed E-state index contributed by atoms with van der Waals surface area (Å²) in [5, 5.41) is 2.92.